The minimum absolute atomic E-state index is 0.300. The van der Waals surface area contributed by atoms with Gasteiger partial charge in [-0.15, -0.1) is 11.6 Å². The molecule has 5 heteroatoms. The van der Waals surface area contributed by atoms with E-state index in [0.717, 1.165) is 36.6 Å². The number of fused-ring (bicyclic) bond motifs is 1. The summed E-state index contributed by atoms with van der Waals surface area (Å²) >= 11 is 5.98. The molecule has 0 radical (unpaired) electrons. The normalized spacial score (nSPS) is 23.9. The Morgan fingerprint density at radius 2 is 2.44 bits per heavy atom. The molecule has 1 fully saturated rings. The van der Waals surface area contributed by atoms with Crippen LogP contribution in [0.1, 0.15) is 19.2 Å². The van der Waals surface area contributed by atoms with E-state index in [1.54, 1.807) is 6.20 Å². The Hall–Kier alpha value is -1.13. The molecule has 0 spiro atoms. The van der Waals surface area contributed by atoms with Gasteiger partial charge in [-0.05, 0) is 25.5 Å². The molecule has 2 aromatic heterocycles. The van der Waals surface area contributed by atoms with Crippen LogP contribution >= 0.6 is 11.6 Å². The third-order valence-corrected chi connectivity index (χ3v) is 3.89. The average molecular weight is 266 g/mol. The molecule has 3 heterocycles. The molecule has 0 aromatic carbocycles. The van der Waals surface area contributed by atoms with Crippen molar-refractivity contribution in [3.8, 4) is 0 Å². The molecule has 1 aliphatic heterocycles. The van der Waals surface area contributed by atoms with E-state index in [4.69, 9.17) is 16.3 Å². The second-order valence-corrected chi connectivity index (χ2v) is 5.01. The van der Waals surface area contributed by atoms with Crippen LogP contribution in [0.4, 0.5) is 0 Å². The maximum atomic E-state index is 5.98. The number of aromatic nitrogens is 3. The Kier molecular flexibility index (Phi) is 3.22. The summed E-state index contributed by atoms with van der Waals surface area (Å²) in [7, 11) is 0. The zero-order valence-corrected chi connectivity index (χ0v) is 11.1. The molecule has 2 atom stereocenters. The smallest absolute Gasteiger partial charge is 0.160 e. The molecule has 2 aromatic rings. The van der Waals surface area contributed by atoms with Gasteiger partial charge >= 0.3 is 0 Å². The summed E-state index contributed by atoms with van der Waals surface area (Å²) in [6.07, 6.45) is 3.19. The van der Waals surface area contributed by atoms with E-state index in [9.17, 15) is 0 Å². The van der Waals surface area contributed by atoms with E-state index in [2.05, 4.69) is 21.5 Å². The van der Waals surface area contributed by atoms with Gasteiger partial charge in [0.25, 0.3) is 0 Å². The van der Waals surface area contributed by atoms with E-state index in [1.165, 1.54) is 0 Å². The fourth-order valence-electron chi connectivity index (χ4n) is 2.55. The lowest BCUT2D eigenvalue weighted by Gasteiger charge is -2.16. The molecule has 1 aliphatic rings. The molecular formula is C13H16ClN3O. The van der Waals surface area contributed by atoms with Crippen molar-refractivity contribution in [1.82, 2.24) is 14.5 Å². The van der Waals surface area contributed by atoms with Crippen molar-refractivity contribution in [1.29, 1.82) is 0 Å². The first-order valence-electron chi connectivity index (χ1n) is 6.27. The van der Waals surface area contributed by atoms with Crippen LogP contribution in [0.2, 0.25) is 0 Å². The van der Waals surface area contributed by atoms with Gasteiger partial charge < -0.3 is 9.30 Å². The van der Waals surface area contributed by atoms with Crippen LogP contribution in [0.15, 0.2) is 18.3 Å². The lowest BCUT2D eigenvalue weighted by molar-refractivity contribution is 0.102. The second-order valence-electron chi connectivity index (χ2n) is 4.74. The molecule has 1 saturated heterocycles. The van der Waals surface area contributed by atoms with E-state index >= 15 is 0 Å². The van der Waals surface area contributed by atoms with Gasteiger partial charge in [-0.25, -0.2) is 9.97 Å². The van der Waals surface area contributed by atoms with Crippen molar-refractivity contribution >= 4 is 22.8 Å². The minimum atomic E-state index is 0.300. The van der Waals surface area contributed by atoms with Crippen molar-refractivity contribution in [3.63, 3.8) is 0 Å². The Morgan fingerprint density at radius 1 is 1.56 bits per heavy atom. The highest BCUT2D eigenvalue weighted by Crippen LogP contribution is 2.25. The summed E-state index contributed by atoms with van der Waals surface area (Å²) in [5.74, 6) is 1.83. The standard InChI is InChI=1S/C13H16ClN3O/c1-9-10(4-6-18-9)8-17-12(7-14)16-11-3-2-5-15-13(11)17/h2-3,5,9-10H,4,6-8H2,1H3. The summed E-state index contributed by atoms with van der Waals surface area (Å²) in [6.45, 7) is 3.86. The molecular weight excluding hydrogens is 250 g/mol. The highest BCUT2D eigenvalue weighted by atomic mass is 35.5. The number of nitrogens with zero attached hydrogens (tertiary/aromatic N) is 3. The largest absolute Gasteiger partial charge is 0.378 e. The van der Waals surface area contributed by atoms with Crippen molar-refractivity contribution in [2.75, 3.05) is 6.61 Å². The van der Waals surface area contributed by atoms with Gasteiger partial charge in [0.15, 0.2) is 5.65 Å². The van der Waals surface area contributed by atoms with Gasteiger partial charge in [0, 0.05) is 25.3 Å². The predicted octanol–water partition coefficient (Wildman–Crippen LogP) is 2.60. The molecule has 0 aliphatic carbocycles. The zero-order valence-electron chi connectivity index (χ0n) is 10.3. The molecule has 2 unspecified atom stereocenters. The maximum absolute atomic E-state index is 5.98. The number of hydrogen-bond donors (Lipinski definition) is 0. The Labute approximate surface area is 111 Å². The first kappa shape index (κ1) is 11.9. The lowest BCUT2D eigenvalue weighted by Crippen LogP contribution is -2.19. The summed E-state index contributed by atoms with van der Waals surface area (Å²) in [4.78, 5) is 8.94. The topological polar surface area (TPSA) is 39.9 Å². The fraction of sp³-hybridized carbons (Fsp3) is 0.538. The van der Waals surface area contributed by atoms with Gasteiger partial charge in [0.05, 0.1) is 12.0 Å². The third-order valence-electron chi connectivity index (χ3n) is 3.65. The molecule has 3 rings (SSSR count). The third kappa shape index (κ3) is 1.99. The van der Waals surface area contributed by atoms with Crippen molar-refractivity contribution < 1.29 is 4.74 Å². The molecule has 4 nitrogen and oxygen atoms in total. The van der Waals surface area contributed by atoms with Crippen molar-refractivity contribution in [2.45, 2.75) is 31.9 Å². The molecule has 96 valence electrons. The Bertz CT molecular complexity index is 554. The number of imidazole rings is 1. The van der Waals surface area contributed by atoms with Crippen LogP contribution in [0.25, 0.3) is 11.2 Å². The fourth-order valence-corrected chi connectivity index (χ4v) is 2.75. The molecule has 18 heavy (non-hydrogen) atoms. The van der Waals surface area contributed by atoms with E-state index in [0.29, 0.717) is 17.9 Å². The first-order chi connectivity index (χ1) is 8.79. The molecule has 0 bridgehead atoms. The summed E-state index contributed by atoms with van der Waals surface area (Å²) in [6, 6.07) is 3.88. The van der Waals surface area contributed by atoms with Crippen LogP contribution in [0.3, 0.4) is 0 Å². The predicted molar refractivity (Wildman–Crippen MR) is 70.6 cm³/mol. The Balaban J connectivity index is 1.98. The molecule has 0 amide bonds. The number of halogens is 1. The van der Waals surface area contributed by atoms with E-state index < -0.39 is 0 Å². The monoisotopic (exact) mass is 265 g/mol. The average Bonchev–Trinajstić information content (AvgIpc) is 2.95. The van der Waals surface area contributed by atoms with Gasteiger partial charge in [-0.1, -0.05) is 0 Å². The number of alkyl halides is 1. The second kappa shape index (κ2) is 4.86. The number of pyridine rings is 1. The van der Waals surface area contributed by atoms with Crippen LogP contribution in [0.5, 0.6) is 0 Å². The van der Waals surface area contributed by atoms with Crippen molar-refractivity contribution in [3.05, 3.63) is 24.2 Å². The van der Waals surface area contributed by atoms with E-state index in [1.807, 2.05) is 12.1 Å². The van der Waals surface area contributed by atoms with Crippen LogP contribution in [-0.2, 0) is 17.2 Å². The van der Waals surface area contributed by atoms with Gasteiger partial charge in [-0.2, -0.15) is 0 Å². The molecule has 0 saturated carbocycles. The highest BCUT2D eigenvalue weighted by Gasteiger charge is 2.26. The SMILES string of the molecule is CC1OCCC1Cn1c(CCl)nc2cccnc21. The van der Waals surface area contributed by atoms with Gasteiger partial charge in [-0.3, -0.25) is 0 Å². The Morgan fingerprint density at radius 3 is 3.17 bits per heavy atom. The molecule has 0 N–H and O–H groups in total. The van der Waals surface area contributed by atoms with Gasteiger partial charge in [0.2, 0.25) is 0 Å². The number of hydrogen-bond acceptors (Lipinski definition) is 3. The van der Waals surface area contributed by atoms with Gasteiger partial charge in [0.1, 0.15) is 11.3 Å². The first-order valence-corrected chi connectivity index (χ1v) is 6.80. The van der Waals surface area contributed by atoms with Crippen LogP contribution in [-0.4, -0.2) is 27.2 Å². The maximum Gasteiger partial charge on any atom is 0.160 e. The highest BCUT2D eigenvalue weighted by molar-refractivity contribution is 6.16. The number of ether oxygens (including phenoxy) is 1. The lowest BCUT2D eigenvalue weighted by atomic mass is 10.0. The summed E-state index contributed by atoms with van der Waals surface area (Å²) in [5.41, 5.74) is 1.84. The zero-order chi connectivity index (χ0) is 12.5. The van der Waals surface area contributed by atoms with Crippen LogP contribution < -0.4 is 0 Å². The minimum Gasteiger partial charge on any atom is -0.378 e. The number of rotatable bonds is 3. The summed E-state index contributed by atoms with van der Waals surface area (Å²) < 4.78 is 7.75. The quantitative estimate of drug-likeness (QED) is 0.801. The van der Waals surface area contributed by atoms with Crippen molar-refractivity contribution in [2.24, 2.45) is 5.92 Å². The summed E-state index contributed by atoms with van der Waals surface area (Å²) in [5, 5.41) is 0. The van der Waals surface area contributed by atoms with E-state index in [-0.39, 0.29) is 0 Å². The van der Waals surface area contributed by atoms with Crippen LogP contribution in [0, 0.1) is 5.92 Å².